The first kappa shape index (κ1) is 13.8. The van der Waals surface area contributed by atoms with Crippen molar-refractivity contribution in [3.8, 4) is 0 Å². The molecular weight excluding hydrogens is 268 g/mol. The molecule has 0 unspecified atom stereocenters. The van der Waals surface area contributed by atoms with Crippen LogP contribution in [0, 0.1) is 5.92 Å². The van der Waals surface area contributed by atoms with Gasteiger partial charge in [0.15, 0.2) is 0 Å². The van der Waals surface area contributed by atoms with Crippen LogP contribution in [0.15, 0.2) is 30.3 Å². The number of para-hydroxylation sites is 1. The van der Waals surface area contributed by atoms with E-state index in [9.17, 15) is 9.90 Å². The Hall–Kier alpha value is -2.14. The van der Waals surface area contributed by atoms with Crippen molar-refractivity contribution in [1.29, 1.82) is 0 Å². The highest BCUT2D eigenvalue weighted by molar-refractivity contribution is 6.03. The van der Waals surface area contributed by atoms with Crippen LogP contribution in [0.5, 0.6) is 0 Å². The number of aromatic carboxylic acids is 1. The molecule has 1 aliphatic rings. The van der Waals surface area contributed by atoms with E-state index in [0.717, 1.165) is 12.5 Å². The fraction of sp³-hybridized carbons (Fsp3) is 0.375. The second-order valence-corrected chi connectivity index (χ2v) is 5.32. The van der Waals surface area contributed by atoms with Crippen LogP contribution < -0.4 is 5.32 Å². The molecule has 2 N–H and O–H groups in total. The summed E-state index contributed by atoms with van der Waals surface area (Å²) in [5.41, 5.74) is 0.945. The van der Waals surface area contributed by atoms with Gasteiger partial charge in [-0.3, -0.25) is 0 Å². The van der Waals surface area contributed by atoms with Crippen LogP contribution in [-0.4, -0.2) is 35.8 Å². The Morgan fingerprint density at radius 1 is 1.38 bits per heavy atom. The summed E-state index contributed by atoms with van der Waals surface area (Å²) in [4.78, 5) is 15.8. The lowest BCUT2D eigenvalue weighted by Gasteiger charge is -2.09. The second kappa shape index (κ2) is 6.10. The van der Waals surface area contributed by atoms with E-state index < -0.39 is 5.97 Å². The Bertz CT molecular complexity index is 653. The SMILES string of the molecule is O=C(O)c1cc(NCCOCC2CC2)nc2ccccc12. The van der Waals surface area contributed by atoms with Crippen LogP contribution in [0.2, 0.25) is 0 Å². The van der Waals surface area contributed by atoms with Gasteiger partial charge in [0.2, 0.25) is 0 Å². The second-order valence-electron chi connectivity index (χ2n) is 5.32. The highest BCUT2D eigenvalue weighted by atomic mass is 16.5. The number of nitrogens with zero attached hydrogens (tertiary/aromatic N) is 1. The minimum atomic E-state index is -0.943. The number of pyridine rings is 1. The molecule has 2 aromatic rings. The summed E-state index contributed by atoms with van der Waals surface area (Å²) < 4.78 is 5.54. The lowest BCUT2D eigenvalue weighted by molar-refractivity contribution is 0.0699. The number of carboxylic acids is 1. The Morgan fingerprint density at radius 2 is 2.19 bits per heavy atom. The van der Waals surface area contributed by atoms with E-state index in [0.29, 0.717) is 29.9 Å². The lowest BCUT2D eigenvalue weighted by Crippen LogP contribution is -2.12. The Balaban J connectivity index is 1.67. The molecular formula is C16H18N2O3. The van der Waals surface area contributed by atoms with Crippen LogP contribution in [0.4, 0.5) is 5.82 Å². The topological polar surface area (TPSA) is 71.5 Å². The summed E-state index contributed by atoms with van der Waals surface area (Å²) in [5.74, 6) is 0.380. The predicted molar refractivity (Wildman–Crippen MR) is 80.7 cm³/mol. The zero-order valence-electron chi connectivity index (χ0n) is 11.7. The van der Waals surface area contributed by atoms with E-state index in [1.807, 2.05) is 18.2 Å². The molecule has 1 aliphatic carbocycles. The average molecular weight is 286 g/mol. The van der Waals surface area contributed by atoms with Gasteiger partial charge in [-0.05, 0) is 30.9 Å². The molecule has 1 heterocycles. The molecule has 0 atom stereocenters. The minimum Gasteiger partial charge on any atom is -0.478 e. The third-order valence-corrected chi connectivity index (χ3v) is 3.55. The van der Waals surface area contributed by atoms with Crippen molar-refractivity contribution < 1.29 is 14.6 Å². The summed E-state index contributed by atoms with van der Waals surface area (Å²) in [7, 11) is 0. The largest absolute Gasteiger partial charge is 0.478 e. The van der Waals surface area contributed by atoms with Gasteiger partial charge in [0.05, 0.1) is 17.7 Å². The molecule has 0 amide bonds. The van der Waals surface area contributed by atoms with E-state index in [1.165, 1.54) is 12.8 Å². The number of carbonyl (C=O) groups is 1. The molecule has 0 spiro atoms. The maximum Gasteiger partial charge on any atom is 0.336 e. The van der Waals surface area contributed by atoms with E-state index in [1.54, 1.807) is 12.1 Å². The van der Waals surface area contributed by atoms with E-state index in [2.05, 4.69) is 10.3 Å². The molecule has 3 rings (SSSR count). The van der Waals surface area contributed by atoms with Crippen LogP contribution in [-0.2, 0) is 4.74 Å². The van der Waals surface area contributed by atoms with Crippen molar-refractivity contribution in [3.05, 3.63) is 35.9 Å². The number of carboxylic acid groups (broad SMARTS) is 1. The van der Waals surface area contributed by atoms with Crippen LogP contribution in [0.1, 0.15) is 23.2 Å². The monoisotopic (exact) mass is 286 g/mol. The number of hydrogen-bond acceptors (Lipinski definition) is 4. The number of aromatic nitrogens is 1. The standard InChI is InChI=1S/C16H18N2O3/c19-16(20)13-9-15(17-7-8-21-10-11-5-6-11)18-14-4-2-1-3-12(13)14/h1-4,9,11H,5-8,10H2,(H,17,18)(H,19,20). The first-order chi connectivity index (χ1) is 10.2. The molecule has 110 valence electrons. The maximum atomic E-state index is 11.3. The summed E-state index contributed by atoms with van der Waals surface area (Å²) in [5, 5.41) is 13.1. The van der Waals surface area contributed by atoms with Crippen molar-refractivity contribution in [3.63, 3.8) is 0 Å². The Labute approximate surface area is 123 Å². The zero-order chi connectivity index (χ0) is 14.7. The van der Waals surface area contributed by atoms with Gasteiger partial charge >= 0.3 is 5.97 Å². The summed E-state index contributed by atoms with van der Waals surface area (Å²) >= 11 is 0. The van der Waals surface area contributed by atoms with Gasteiger partial charge < -0.3 is 15.2 Å². The fourth-order valence-corrected chi connectivity index (χ4v) is 2.23. The van der Waals surface area contributed by atoms with Crippen LogP contribution in [0.25, 0.3) is 10.9 Å². The van der Waals surface area contributed by atoms with Crippen molar-refractivity contribution >= 4 is 22.7 Å². The van der Waals surface area contributed by atoms with Gasteiger partial charge in [0.25, 0.3) is 0 Å². The number of ether oxygens (including phenoxy) is 1. The van der Waals surface area contributed by atoms with Gasteiger partial charge in [0, 0.05) is 18.5 Å². The molecule has 0 radical (unpaired) electrons. The molecule has 5 nitrogen and oxygen atoms in total. The van der Waals surface area contributed by atoms with Crippen molar-refractivity contribution in [2.45, 2.75) is 12.8 Å². The number of anilines is 1. The van der Waals surface area contributed by atoms with E-state index in [4.69, 9.17) is 4.74 Å². The van der Waals surface area contributed by atoms with Crippen LogP contribution >= 0.6 is 0 Å². The van der Waals surface area contributed by atoms with Crippen molar-refractivity contribution in [2.75, 3.05) is 25.1 Å². The smallest absolute Gasteiger partial charge is 0.336 e. The van der Waals surface area contributed by atoms with Gasteiger partial charge in [0.1, 0.15) is 5.82 Å². The number of nitrogens with one attached hydrogen (secondary N) is 1. The quantitative estimate of drug-likeness (QED) is 0.766. The molecule has 0 bridgehead atoms. The molecule has 21 heavy (non-hydrogen) atoms. The Morgan fingerprint density at radius 3 is 2.95 bits per heavy atom. The fourth-order valence-electron chi connectivity index (χ4n) is 2.23. The summed E-state index contributed by atoms with van der Waals surface area (Å²) in [6.07, 6.45) is 2.56. The summed E-state index contributed by atoms with van der Waals surface area (Å²) in [6.45, 7) is 2.05. The van der Waals surface area contributed by atoms with E-state index in [-0.39, 0.29) is 5.56 Å². The Kier molecular flexibility index (Phi) is 4.01. The molecule has 1 fully saturated rings. The van der Waals surface area contributed by atoms with Crippen molar-refractivity contribution in [2.24, 2.45) is 5.92 Å². The van der Waals surface area contributed by atoms with Crippen molar-refractivity contribution in [1.82, 2.24) is 4.98 Å². The third-order valence-electron chi connectivity index (χ3n) is 3.55. The average Bonchev–Trinajstić information content (AvgIpc) is 3.30. The zero-order valence-corrected chi connectivity index (χ0v) is 11.7. The molecule has 1 aromatic heterocycles. The highest BCUT2D eigenvalue weighted by Gasteiger charge is 2.20. The van der Waals surface area contributed by atoms with Gasteiger partial charge in [-0.15, -0.1) is 0 Å². The van der Waals surface area contributed by atoms with E-state index >= 15 is 0 Å². The number of fused-ring (bicyclic) bond motifs is 1. The first-order valence-corrected chi connectivity index (χ1v) is 7.19. The number of hydrogen-bond donors (Lipinski definition) is 2. The minimum absolute atomic E-state index is 0.266. The van der Waals surface area contributed by atoms with Gasteiger partial charge in [-0.1, -0.05) is 18.2 Å². The predicted octanol–water partition coefficient (Wildman–Crippen LogP) is 2.77. The summed E-state index contributed by atoms with van der Waals surface area (Å²) in [6, 6.07) is 8.83. The molecule has 1 saturated carbocycles. The highest BCUT2D eigenvalue weighted by Crippen LogP contribution is 2.28. The van der Waals surface area contributed by atoms with Gasteiger partial charge in [-0.2, -0.15) is 0 Å². The maximum absolute atomic E-state index is 11.3. The number of rotatable bonds is 7. The van der Waals surface area contributed by atoms with Gasteiger partial charge in [-0.25, -0.2) is 9.78 Å². The molecule has 1 aromatic carbocycles. The third kappa shape index (κ3) is 3.49. The first-order valence-electron chi connectivity index (χ1n) is 7.19. The lowest BCUT2D eigenvalue weighted by atomic mass is 10.1. The number of benzene rings is 1. The molecule has 0 saturated heterocycles. The molecule has 5 heteroatoms. The van der Waals surface area contributed by atoms with Crippen LogP contribution in [0.3, 0.4) is 0 Å². The molecule has 0 aliphatic heterocycles. The normalized spacial score (nSPS) is 14.3.